The second-order valence-corrected chi connectivity index (χ2v) is 9.41. The number of pyridine rings is 2. The Morgan fingerprint density at radius 1 is 1.09 bits per heavy atom. The first-order valence-corrected chi connectivity index (χ1v) is 11.7. The molecule has 0 fully saturated rings. The highest BCUT2D eigenvalue weighted by Crippen LogP contribution is 2.35. The number of benzene rings is 2. The van der Waals surface area contributed by atoms with Crippen LogP contribution in [0.15, 0.2) is 48.5 Å². The van der Waals surface area contributed by atoms with Crippen LogP contribution in [0.2, 0.25) is 5.15 Å². The summed E-state index contributed by atoms with van der Waals surface area (Å²) < 4.78 is 13.7. The van der Waals surface area contributed by atoms with Crippen LogP contribution in [0.3, 0.4) is 0 Å². The number of carboxylic acids is 1. The van der Waals surface area contributed by atoms with E-state index < -0.39 is 5.97 Å². The third-order valence-electron chi connectivity index (χ3n) is 6.35. The SMILES string of the molecule is Cc1cc([C@H](C)Nc2ccc(Cl)nc2C(=O)O)c2nc(N3Cc4ccc(F)cc4C3)c(C)cc2c1. The molecule has 1 aliphatic heterocycles. The summed E-state index contributed by atoms with van der Waals surface area (Å²) in [6, 6.07) is 14.1. The summed E-state index contributed by atoms with van der Waals surface area (Å²) in [5.41, 5.74) is 6.21. The Kier molecular flexibility index (Phi) is 5.81. The Bertz CT molecular complexity index is 1490. The van der Waals surface area contributed by atoms with E-state index in [4.69, 9.17) is 16.6 Å². The van der Waals surface area contributed by atoms with Gasteiger partial charge in [0.1, 0.15) is 16.8 Å². The predicted molar refractivity (Wildman–Crippen MR) is 136 cm³/mol. The zero-order valence-corrected chi connectivity index (χ0v) is 20.3. The highest BCUT2D eigenvalue weighted by atomic mass is 35.5. The molecule has 0 amide bonds. The fourth-order valence-corrected chi connectivity index (χ4v) is 4.90. The Morgan fingerprint density at radius 3 is 2.63 bits per heavy atom. The maximum atomic E-state index is 13.7. The highest BCUT2D eigenvalue weighted by Gasteiger charge is 2.24. The number of anilines is 2. The lowest BCUT2D eigenvalue weighted by molar-refractivity contribution is 0.0691. The quantitative estimate of drug-likeness (QED) is 0.314. The molecule has 1 aliphatic rings. The number of hydrogen-bond acceptors (Lipinski definition) is 5. The molecular formula is C27H24ClFN4O2. The van der Waals surface area contributed by atoms with Crippen molar-refractivity contribution < 1.29 is 14.3 Å². The van der Waals surface area contributed by atoms with Crippen LogP contribution in [0, 0.1) is 19.7 Å². The fraction of sp³-hybridized carbons (Fsp3) is 0.222. The normalized spacial score (nSPS) is 13.7. The van der Waals surface area contributed by atoms with Crippen molar-refractivity contribution in [1.82, 2.24) is 9.97 Å². The summed E-state index contributed by atoms with van der Waals surface area (Å²) in [4.78, 5) is 22.9. The number of aromatic carboxylic acids is 1. The van der Waals surface area contributed by atoms with Crippen molar-refractivity contribution in [3.63, 3.8) is 0 Å². The Hall–Kier alpha value is -3.71. The summed E-state index contributed by atoms with van der Waals surface area (Å²) in [5, 5.41) is 14.0. The van der Waals surface area contributed by atoms with Gasteiger partial charge in [0, 0.05) is 24.0 Å². The van der Waals surface area contributed by atoms with Gasteiger partial charge in [-0.25, -0.2) is 19.2 Å². The number of aryl methyl sites for hydroxylation is 2. The van der Waals surface area contributed by atoms with E-state index in [0.29, 0.717) is 18.8 Å². The van der Waals surface area contributed by atoms with E-state index >= 15 is 0 Å². The molecule has 2 aromatic heterocycles. The summed E-state index contributed by atoms with van der Waals surface area (Å²) in [7, 11) is 0. The first-order chi connectivity index (χ1) is 16.7. The molecule has 2 aromatic carbocycles. The molecule has 6 nitrogen and oxygen atoms in total. The van der Waals surface area contributed by atoms with Crippen molar-refractivity contribution in [3.05, 3.63) is 93.0 Å². The molecule has 4 aromatic rings. The number of rotatable bonds is 5. The molecule has 0 aliphatic carbocycles. The summed E-state index contributed by atoms with van der Waals surface area (Å²) >= 11 is 5.91. The fourth-order valence-electron chi connectivity index (χ4n) is 4.76. The number of hydrogen-bond donors (Lipinski definition) is 2. The smallest absolute Gasteiger partial charge is 0.356 e. The molecule has 35 heavy (non-hydrogen) atoms. The maximum Gasteiger partial charge on any atom is 0.356 e. The minimum Gasteiger partial charge on any atom is -0.476 e. The Labute approximate surface area is 207 Å². The highest BCUT2D eigenvalue weighted by molar-refractivity contribution is 6.29. The van der Waals surface area contributed by atoms with Crippen LogP contribution in [0.4, 0.5) is 15.9 Å². The number of carboxylic acid groups (broad SMARTS) is 1. The zero-order valence-electron chi connectivity index (χ0n) is 19.6. The first-order valence-electron chi connectivity index (χ1n) is 11.3. The number of halogens is 2. The molecule has 2 N–H and O–H groups in total. The van der Waals surface area contributed by atoms with Gasteiger partial charge in [0.15, 0.2) is 5.69 Å². The second-order valence-electron chi connectivity index (χ2n) is 9.03. The molecule has 0 bridgehead atoms. The van der Waals surface area contributed by atoms with Gasteiger partial charge in [-0.2, -0.15) is 0 Å². The van der Waals surface area contributed by atoms with Gasteiger partial charge in [-0.3, -0.25) is 0 Å². The lowest BCUT2D eigenvalue weighted by Crippen LogP contribution is -2.18. The van der Waals surface area contributed by atoms with Crippen LogP contribution in [0.25, 0.3) is 10.9 Å². The summed E-state index contributed by atoms with van der Waals surface area (Å²) in [6.45, 7) is 7.29. The van der Waals surface area contributed by atoms with Crippen molar-refractivity contribution in [1.29, 1.82) is 0 Å². The van der Waals surface area contributed by atoms with E-state index in [1.807, 2.05) is 26.8 Å². The molecule has 3 heterocycles. The maximum absolute atomic E-state index is 13.7. The minimum atomic E-state index is -1.16. The summed E-state index contributed by atoms with van der Waals surface area (Å²) in [6.07, 6.45) is 0. The second kappa shape index (κ2) is 8.82. The van der Waals surface area contributed by atoms with Gasteiger partial charge >= 0.3 is 5.97 Å². The van der Waals surface area contributed by atoms with E-state index in [-0.39, 0.29) is 22.7 Å². The standard InChI is InChI=1S/C27H24ClFN4O2/c1-14-8-18-10-15(2)26(33-12-17-4-5-20(29)11-19(17)13-33)32-24(18)21(9-14)16(3)30-22-6-7-23(28)31-25(22)27(34)35/h4-11,16,30H,12-13H2,1-3H3,(H,34,35)/t16-/m0/s1. The topological polar surface area (TPSA) is 78.3 Å². The number of carbonyl (C=O) groups is 1. The van der Waals surface area contributed by atoms with Crippen LogP contribution in [0.1, 0.15) is 51.3 Å². The van der Waals surface area contributed by atoms with Gasteiger partial charge in [-0.15, -0.1) is 0 Å². The Balaban J connectivity index is 1.55. The van der Waals surface area contributed by atoms with Gasteiger partial charge in [0.2, 0.25) is 0 Å². The lowest BCUT2D eigenvalue weighted by Gasteiger charge is -2.23. The molecule has 8 heteroatoms. The van der Waals surface area contributed by atoms with Crippen LogP contribution in [-0.2, 0) is 13.1 Å². The summed E-state index contributed by atoms with van der Waals surface area (Å²) in [5.74, 6) is -0.535. The van der Waals surface area contributed by atoms with Crippen LogP contribution >= 0.6 is 11.6 Å². The number of nitrogens with one attached hydrogen (secondary N) is 1. The van der Waals surface area contributed by atoms with E-state index in [2.05, 4.69) is 33.4 Å². The van der Waals surface area contributed by atoms with Crippen molar-refractivity contribution >= 4 is 40.0 Å². The van der Waals surface area contributed by atoms with Gasteiger partial charge in [0.05, 0.1) is 17.2 Å². The van der Waals surface area contributed by atoms with Crippen LogP contribution < -0.4 is 10.2 Å². The molecular weight excluding hydrogens is 467 g/mol. The average molecular weight is 491 g/mol. The number of aromatic nitrogens is 2. The largest absolute Gasteiger partial charge is 0.476 e. The third kappa shape index (κ3) is 4.39. The molecule has 178 valence electrons. The molecule has 0 unspecified atom stereocenters. The third-order valence-corrected chi connectivity index (χ3v) is 6.56. The minimum absolute atomic E-state index is 0.120. The van der Waals surface area contributed by atoms with Crippen molar-refractivity contribution in [2.75, 3.05) is 10.2 Å². The van der Waals surface area contributed by atoms with Gasteiger partial charge in [-0.1, -0.05) is 29.3 Å². The first kappa shape index (κ1) is 23.1. The molecule has 5 rings (SSSR count). The average Bonchev–Trinajstić information content (AvgIpc) is 3.21. The van der Waals surface area contributed by atoms with Crippen molar-refractivity contribution in [2.24, 2.45) is 0 Å². The van der Waals surface area contributed by atoms with Crippen molar-refractivity contribution in [3.8, 4) is 0 Å². The molecule has 0 saturated carbocycles. The van der Waals surface area contributed by atoms with E-state index in [1.165, 1.54) is 6.07 Å². The molecule has 0 radical (unpaired) electrons. The van der Waals surface area contributed by atoms with Crippen molar-refractivity contribution in [2.45, 2.75) is 39.9 Å². The molecule has 0 spiro atoms. The van der Waals surface area contributed by atoms with E-state index in [9.17, 15) is 14.3 Å². The van der Waals surface area contributed by atoms with Gasteiger partial charge in [-0.05, 0) is 73.9 Å². The predicted octanol–water partition coefficient (Wildman–Crippen LogP) is 6.43. The Morgan fingerprint density at radius 2 is 1.86 bits per heavy atom. The number of fused-ring (bicyclic) bond motifs is 2. The van der Waals surface area contributed by atoms with Gasteiger partial charge in [0.25, 0.3) is 0 Å². The lowest BCUT2D eigenvalue weighted by atomic mass is 9.99. The van der Waals surface area contributed by atoms with Crippen LogP contribution in [-0.4, -0.2) is 21.0 Å². The monoisotopic (exact) mass is 490 g/mol. The number of nitrogens with zero attached hydrogens (tertiary/aromatic N) is 3. The molecule has 0 saturated heterocycles. The van der Waals surface area contributed by atoms with E-state index in [0.717, 1.165) is 44.5 Å². The zero-order chi connectivity index (χ0) is 24.9. The molecule has 1 atom stereocenters. The van der Waals surface area contributed by atoms with Gasteiger partial charge < -0.3 is 15.3 Å². The van der Waals surface area contributed by atoms with E-state index in [1.54, 1.807) is 18.2 Å². The van der Waals surface area contributed by atoms with Crippen LogP contribution in [0.5, 0.6) is 0 Å².